The number of carbonyl (C=O) groups is 2. The summed E-state index contributed by atoms with van der Waals surface area (Å²) in [7, 11) is -3.66. The molecule has 0 radical (unpaired) electrons. The van der Waals surface area contributed by atoms with E-state index < -0.39 is 15.7 Å². The van der Waals surface area contributed by atoms with Crippen molar-refractivity contribution in [3.8, 4) is 5.69 Å². The monoisotopic (exact) mass is 534 g/mol. The van der Waals surface area contributed by atoms with E-state index in [4.69, 9.17) is 17.3 Å². The molecule has 0 saturated carbocycles. The van der Waals surface area contributed by atoms with E-state index in [1.54, 1.807) is 39.8 Å². The number of nitrogens with one attached hydrogen (secondary N) is 1. The smallest absolute Gasteiger partial charge is 0.322 e. The lowest BCUT2D eigenvalue weighted by atomic mass is 10.0. The Balaban J connectivity index is 1.36. The zero-order chi connectivity index (χ0) is 26.2. The molecule has 4 aromatic rings. The van der Waals surface area contributed by atoms with Gasteiger partial charge in [0.25, 0.3) is 5.91 Å². The number of benzene rings is 3. The lowest BCUT2D eigenvalue weighted by molar-refractivity contribution is 0.0998. The topological polar surface area (TPSA) is 114 Å². The summed E-state index contributed by atoms with van der Waals surface area (Å²) in [5.41, 5.74) is 8.57. The van der Waals surface area contributed by atoms with Crippen LogP contribution in [0.25, 0.3) is 5.69 Å². The van der Waals surface area contributed by atoms with Gasteiger partial charge in [-0.25, -0.2) is 13.2 Å². The van der Waals surface area contributed by atoms with Crippen molar-refractivity contribution in [3.05, 3.63) is 107 Å². The quantitative estimate of drug-likeness (QED) is 0.388. The number of anilines is 1. The van der Waals surface area contributed by atoms with Gasteiger partial charge in [0.1, 0.15) is 5.15 Å². The molecule has 0 atom stereocenters. The number of urea groups is 1. The number of aromatic nitrogens is 1. The first kappa shape index (κ1) is 24.6. The van der Waals surface area contributed by atoms with Gasteiger partial charge in [-0.15, -0.1) is 0 Å². The minimum Gasteiger partial charge on any atom is -0.365 e. The number of sulfone groups is 1. The molecule has 1 aliphatic rings. The Morgan fingerprint density at radius 2 is 1.46 bits per heavy atom. The Hall–Kier alpha value is -4.08. The predicted molar refractivity (Wildman–Crippen MR) is 141 cm³/mol. The Labute approximate surface area is 219 Å². The molecule has 1 aromatic heterocycles. The van der Waals surface area contributed by atoms with Crippen LogP contribution in [0.2, 0.25) is 5.15 Å². The normalized spacial score (nSPS) is 13.2. The second kappa shape index (κ2) is 9.76. The van der Waals surface area contributed by atoms with Crippen LogP contribution < -0.4 is 11.1 Å². The zero-order valence-corrected chi connectivity index (χ0v) is 21.2. The first-order valence-corrected chi connectivity index (χ1v) is 13.4. The van der Waals surface area contributed by atoms with Crippen LogP contribution in [0.15, 0.2) is 94.7 Å². The molecular formula is C27H23ClN4O4S. The maximum Gasteiger partial charge on any atom is 0.322 e. The molecule has 3 amide bonds. The number of nitrogens with two attached hydrogens (primary N) is 1. The number of hydrogen-bond acceptors (Lipinski definition) is 4. The van der Waals surface area contributed by atoms with E-state index in [-0.39, 0.29) is 33.1 Å². The van der Waals surface area contributed by atoms with Crippen LogP contribution in [0, 0.1) is 0 Å². The molecule has 8 nitrogen and oxygen atoms in total. The second-order valence-electron chi connectivity index (χ2n) is 8.57. The highest BCUT2D eigenvalue weighted by Gasteiger charge is 2.32. The van der Waals surface area contributed by atoms with Crippen molar-refractivity contribution in [2.75, 3.05) is 11.9 Å². The van der Waals surface area contributed by atoms with Gasteiger partial charge in [0.2, 0.25) is 9.84 Å². The van der Waals surface area contributed by atoms with Crippen LogP contribution >= 0.6 is 11.6 Å². The lowest BCUT2D eigenvalue weighted by Crippen LogP contribution is -2.39. The molecular weight excluding hydrogens is 512 g/mol. The van der Waals surface area contributed by atoms with Crippen LogP contribution in [0.3, 0.4) is 0 Å². The molecule has 0 bridgehead atoms. The molecule has 0 unspecified atom stereocenters. The van der Waals surface area contributed by atoms with Gasteiger partial charge in [0, 0.05) is 35.6 Å². The number of hydrogen-bond donors (Lipinski definition) is 2. The summed E-state index contributed by atoms with van der Waals surface area (Å²) in [6.07, 6.45) is 0.471. The van der Waals surface area contributed by atoms with Crippen molar-refractivity contribution in [1.29, 1.82) is 0 Å². The highest BCUT2D eigenvalue weighted by Crippen LogP contribution is 2.34. The average Bonchev–Trinajstić information content (AvgIpc) is 3.21. The Morgan fingerprint density at radius 1 is 0.865 bits per heavy atom. The van der Waals surface area contributed by atoms with Gasteiger partial charge in [-0.1, -0.05) is 48.0 Å². The van der Waals surface area contributed by atoms with Gasteiger partial charge in [-0.3, -0.25) is 4.79 Å². The second-order valence-corrected chi connectivity index (χ2v) is 10.9. The predicted octanol–water partition coefficient (Wildman–Crippen LogP) is 4.65. The van der Waals surface area contributed by atoms with E-state index in [2.05, 4.69) is 5.32 Å². The molecule has 3 aromatic carbocycles. The minimum atomic E-state index is -3.66. The lowest BCUT2D eigenvalue weighted by Gasteiger charge is -2.28. The van der Waals surface area contributed by atoms with E-state index in [0.717, 1.165) is 11.4 Å². The molecule has 10 heteroatoms. The van der Waals surface area contributed by atoms with E-state index in [1.165, 1.54) is 24.3 Å². The van der Waals surface area contributed by atoms with Gasteiger partial charge < -0.3 is 20.5 Å². The van der Waals surface area contributed by atoms with Crippen molar-refractivity contribution >= 4 is 39.1 Å². The van der Waals surface area contributed by atoms with Crippen molar-refractivity contribution in [1.82, 2.24) is 9.47 Å². The molecule has 0 aliphatic carbocycles. The molecule has 0 spiro atoms. The Morgan fingerprint density at radius 3 is 2.08 bits per heavy atom. The number of amides is 3. The summed E-state index contributed by atoms with van der Waals surface area (Å²) in [6.45, 7) is 0.546. The van der Waals surface area contributed by atoms with Crippen molar-refractivity contribution in [2.45, 2.75) is 22.8 Å². The van der Waals surface area contributed by atoms with E-state index in [9.17, 15) is 18.0 Å². The summed E-state index contributed by atoms with van der Waals surface area (Å²) < 4.78 is 27.4. The first-order valence-electron chi connectivity index (χ1n) is 11.5. The van der Waals surface area contributed by atoms with Gasteiger partial charge in [-0.05, 0) is 48.5 Å². The number of halogens is 1. The zero-order valence-electron chi connectivity index (χ0n) is 19.6. The van der Waals surface area contributed by atoms with Gasteiger partial charge in [0.05, 0.1) is 21.9 Å². The molecule has 0 fully saturated rings. The summed E-state index contributed by atoms with van der Waals surface area (Å²) in [6, 6.07) is 23.2. The number of fused-ring (bicyclic) bond motifs is 1. The summed E-state index contributed by atoms with van der Waals surface area (Å²) >= 11 is 6.60. The molecule has 37 heavy (non-hydrogen) atoms. The molecule has 0 saturated heterocycles. The molecule has 188 valence electrons. The van der Waals surface area contributed by atoms with Crippen LogP contribution in [0.5, 0.6) is 0 Å². The highest BCUT2D eigenvalue weighted by molar-refractivity contribution is 7.91. The SMILES string of the molecule is NC(=O)c1c2c(n(-c3ccccc3)c1Cl)CCN(C(=O)Nc1ccc(S(=O)(=O)c3ccccc3)cc1)C2. The Bertz CT molecular complexity index is 1590. The summed E-state index contributed by atoms with van der Waals surface area (Å²) in [5, 5.41) is 3.02. The molecule has 3 N–H and O–H groups in total. The van der Waals surface area contributed by atoms with Crippen molar-refractivity contribution in [3.63, 3.8) is 0 Å². The standard InChI is InChI=1S/C27H23ClN4O4S/c28-25-24(26(29)33)22-17-31(16-15-23(22)32(25)19-7-3-1-4-8-19)27(34)30-18-11-13-21(14-12-18)37(35,36)20-9-5-2-6-10-20/h1-14H,15-17H2,(H2,29,33)(H,30,34). The number of para-hydroxylation sites is 1. The van der Waals surface area contributed by atoms with E-state index >= 15 is 0 Å². The third-order valence-corrected chi connectivity index (χ3v) is 8.45. The highest BCUT2D eigenvalue weighted by atomic mass is 35.5. The van der Waals surface area contributed by atoms with Gasteiger partial charge in [-0.2, -0.15) is 0 Å². The third kappa shape index (κ3) is 4.59. The summed E-state index contributed by atoms with van der Waals surface area (Å²) in [4.78, 5) is 27.2. The van der Waals surface area contributed by atoms with E-state index in [1.807, 2.05) is 30.3 Å². The van der Waals surface area contributed by atoms with Crippen molar-refractivity contribution < 1.29 is 18.0 Å². The maximum absolute atomic E-state index is 13.1. The van der Waals surface area contributed by atoms with Gasteiger partial charge >= 0.3 is 6.03 Å². The Kier molecular flexibility index (Phi) is 6.49. The summed E-state index contributed by atoms with van der Waals surface area (Å²) in [5.74, 6) is -0.659. The number of nitrogens with zero attached hydrogens (tertiary/aromatic N) is 2. The van der Waals surface area contributed by atoms with E-state index in [0.29, 0.717) is 24.2 Å². The van der Waals surface area contributed by atoms with Crippen LogP contribution in [0.4, 0.5) is 10.5 Å². The fourth-order valence-corrected chi connectivity index (χ4v) is 6.19. The van der Waals surface area contributed by atoms with Gasteiger partial charge in [0.15, 0.2) is 0 Å². The van der Waals surface area contributed by atoms with Crippen LogP contribution in [-0.4, -0.2) is 36.4 Å². The number of primary amides is 1. The van der Waals surface area contributed by atoms with Crippen LogP contribution in [0.1, 0.15) is 21.6 Å². The fraction of sp³-hybridized carbons (Fsp3) is 0.111. The molecule has 1 aliphatic heterocycles. The number of rotatable bonds is 5. The minimum absolute atomic E-state index is 0.127. The molecule has 2 heterocycles. The molecule has 5 rings (SSSR count). The van der Waals surface area contributed by atoms with Crippen LogP contribution in [-0.2, 0) is 22.8 Å². The maximum atomic E-state index is 13.1. The largest absolute Gasteiger partial charge is 0.365 e. The van der Waals surface area contributed by atoms with Crippen molar-refractivity contribution in [2.24, 2.45) is 5.73 Å². The first-order chi connectivity index (χ1) is 17.8. The average molecular weight is 535 g/mol. The fourth-order valence-electron chi connectivity index (χ4n) is 4.50. The third-order valence-electron chi connectivity index (χ3n) is 6.31. The number of carbonyl (C=O) groups excluding carboxylic acids is 2.